The van der Waals surface area contributed by atoms with Gasteiger partial charge in [0.15, 0.2) is 0 Å². The molecule has 3 aromatic carbocycles. The van der Waals surface area contributed by atoms with E-state index in [1.54, 1.807) is 24.3 Å². The molecule has 0 fully saturated rings. The van der Waals surface area contributed by atoms with E-state index in [4.69, 9.17) is 4.74 Å². The van der Waals surface area contributed by atoms with E-state index in [2.05, 4.69) is 22.0 Å². The van der Waals surface area contributed by atoms with Crippen LogP contribution in [0.1, 0.15) is 10.4 Å². The van der Waals surface area contributed by atoms with Crippen LogP contribution in [0.5, 0.6) is 11.5 Å². The third kappa shape index (κ3) is 2.45. The van der Waals surface area contributed by atoms with Crippen LogP contribution in [0.2, 0.25) is 0 Å². The minimum absolute atomic E-state index is 0.634. The van der Waals surface area contributed by atoms with Crippen LogP contribution in [0.3, 0.4) is 0 Å². The van der Waals surface area contributed by atoms with Crippen molar-refractivity contribution in [2.45, 2.75) is 0 Å². The molecule has 0 saturated heterocycles. The lowest BCUT2D eigenvalue weighted by molar-refractivity contribution is 0.112. The monoisotopic (exact) mass is 326 g/mol. The van der Waals surface area contributed by atoms with E-state index < -0.39 is 0 Å². The Morgan fingerprint density at radius 2 is 1.65 bits per heavy atom. The van der Waals surface area contributed by atoms with Crippen LogP contribution in [0, 0.1) is 0 Å². The molecule has 98 valence electrons. The third-order valence-corrected chi connectivity index (χ3v) is 3.89. The van der Waals surface area contributed by atoms with Crippen LogP contribution >= 0.6 is 15.9 Å². The minimum atomic E-state index is 0.634. The summed E-state index contributed by atoms with van der Waals surface area (Å²) >= 11 is 3.59. The summed E-state index contributed by atoms with van der Waals surface area (Å²) in [5.41, 5.74) is 0.634. The molecule has 0 heterocycles. The molecular weight excluding hydrogens is 316 g/mol. The van der Waals surface area contributed by atoms with Gasteiger partial charge >= 0.3 is 0 Å². The second-order valence-corrected chi connectivity index (χ2v) is 5.18. The number of fused-ring (bicyclic) bond motifs is 1. The number of benzene rings is 3. The van der Waals surface area contributed by atoms with E-state index in [-0.39, 0.29) is 0 Å². The number of halogens is 1. The fraction of sp³-hybridized carbons (Fsp3) is 0. The molecular formula is C17H11BrO2. The minimum Gasteiger partial charge on any atom is -0.456 e. The van der Waals surface area contributed by atoms with E-state index in [0.717, 1.165) is 27.3 Å². The zero-order chi connectivity index (χ0) is 13.9. The highest BCUT2D eigenvalue weighted by Gasteiger charge is 2.07. The first kappa shape index (κ1) is 12.9. The molecule has 0 aliphatic carbocycles. The molecule has 0 aliphatic rings. The first-order valence-electron chi connectivity index (χ1n) is 6.18. The molecule has 0 unspecified atom stereocenters. The first-order valence-corrected chi connectivity index (χ1v) is 6.97. The van der Waals surface area contributed by atoms with Crippen LogP contribution in [0.4, 0.5) is 0 Å². The van der Waals surface area contributed by atoms with E-state index in [9.17, 15) is 4.79 Å². The van der Waals surface area contributed by atoms with E-state index >= 15 is 0 Å². The molecule has 0 spiro atoms. The molecule has 0 N–H and O–H groups in total. The van der Waals surface area contributed by atoms with Gasteiger partial charge in [-0.05, 0) is 57.0 Å². The Balaban J connectivity index is 1.97. The van der Waals surface area contributed by atoms with Crippen LogP contribution in [0.25, 0.3) is 10.8 Å². The van der Waals surface area contributed by atoms with Crippen molar-refractivity contribution in [3.8, 4) is 11.5 Å². The highest BCUT2D eigenvalue weighted by atomic mass is 79.9. The summed E-state index contributed by atoms with van der Waals surface area (Å²) in [6.07, 6.45) is 0.815. The van der Waals surface area contributed by atoms with Crippen molar-refractivity contribution >= 4 is 33.0 Å². The summed E-state index contributed by atoms with van der Waals surface area (Å²) < 4.78 is 6.78. The Morgan fingerprint density at radius 1 is 0.900 bits per heavy atom. The molecule has 0 bridgehead atoms. The molecule has 0 radical (unpaired) electrons. The Kier molecular flexibility index (Phi) is 3.52. The van der Waals surface area contributed by atoms with Gasteiger partial charge in [-0.25, -0.2) is 0 Å². The van der Waals surface area contributed by atoms with Gasteiger partial charge in [0, 0.05) is 5.56 Å². The Morgan fingerprint density at radius 3 is 2.40 bits per heavy atom. The smallest absolute Gasteiger partial charge is 0.150 e. The van der Waals surface area contributed by atoms with Gasteiger partial charge in [0.1, 0.15) is 17.8 Å². The second kappa shape index (κ2) is 5.47. The molecule has 0 aliphatic heterocycles. The molecule has 3 heteroatoms. The van der Waals surface area contributed by atoms with E-state index in [1.807, 2.05) is 30.3 Å². The van der Waals surface area contributed by atoms with E-state index in [0.29, 0.717) is 11.3 Å². The van der Waals surface area contributed by atoms with Crippen LogP contribution in [0.15, 0.2) is 65.1 Å². The predicted molar refractivity (Wildman–Crippen MR) is 83.6 cm³/mol. The Hall–Kier alpha value is -2.13. The Bertz CT molecular complexity index is 764. The largest absolute Gasteiger partial charge is 0.456 e. The maximum Gasteiger partial charge on any atom is 0.150 e. The van der Waals surface area contributed by atoms with Gasteiger partial charge in [0.2, 0.25) is 0 Å². The number of hydrogen-bond donors (Lipinski definition) is 0. The number of ether oxygens (including phenoxy) is 1. The Labute approximate surface area is 125 Å². The number of aldehydes is 1. The molecule has 20 heavy (non-hydrogen) atoms. The molecule has 0 aromatic heterocycles. The van der Waals surface area contributed by atoms with Crippen molar-refractivity contribution in [2.24, 2.45) is 0 Å². The number of carbonyl (C=O) groups is 1. The van der Waals surface area contributed by atoms with Crippen molar-refractivity contribution in [2.75, 3.05) is 0 Å². The van der Waals surface area contributed by atoms with Crippen molar-refractivity contribution < 1.29 is 9.53 Å². The maximum atomic E-state index is 10.6. The summed E-state index contributed by atoms with van der Waals surface area (Å²) in [7, 11) is 0. The van der Waals surface area contributed by atoms with E-state index in [1.165, 1.54) is 0 Å². The van der Waals surface area contributed by atoms with Crippen LogP contribution in [-0.4, -0.2) is 6.29 Å². The highest BCUT2D eigenvalue weighted by molar-refractivity contribution is 9.10. The predicted octanol–water partition coefficient (Wildman–Crippen LogP) is 5.21. The average molecular weight is 327 g/mol. The summed E-state index contributed by atoms with van der Waals surface area (Å²) in [5.74, 6) is 1.45. The van der Waals surface area contributed by atoms with Gasteiger partial charge < -0.3 is 4.74 Å². The fourth-order valence-corrected chi connectivity index (χ4v) is 2.61. The van der Waals surface area contributed by atoms with Crippen molar-refractivity contribution in [3.63, 3.8) is 0 Å². The average Bonchev–Trinajstić information content (AvgIpc) is 2.51. The normalized spacial score (nSPS) is 10.4. The molecule has 2 nitrogen and oxygen atoms in total. The SMILES string of the molecule is O=Cc1ccc(Oc2ccc3ccccc3c2Br)cc1. The van der Waals surface area contributed by atoms with Gasteiger partial charge in [-0.1, -0.05) is 30.3 Å². The lowest BCUT2D eigenvalue weighted by Crippen LogP contribution is -1.87. The van der Waals surface area contributed by atoms with Gasteiger partial charge in [0.25, 0.3) is 0 Å². The number of rotatable bonds is 3. The fourth-order valence-electron chi connectivity index (χ4n) is 2.03. The summed E-state index contributed by atoms with van der Waals surface area (Å²) in [6, 6.07) is 19.1. The first-order chi connectivity index (χ1) is 9.78. The van der Waals surface area contributed by atoms with Gasteiger partial charge in [0.05, 0.1) is 4.47 Å². The lowest BCUT2D eigenvalue weighted by atomic mass is 10.1. The molecule has 0 atom stereocenters. The number of carbonyl (C=O) groups excluding carboxylic acids is 1. The highest BCUT2D eigenvalue weighted by Crippen LogP contribution is 2.35. The van der Waals surface area contributed by atoms with Crippen LogP contribution in [-0.2, 0) is 0 Å². The molecule has 0 amide bonds. The summed E-state index contributed by atoms with van der Waals surface area (Å²) in [4.78, 5) is 10.6. The quantitative estimate of drug-likeness (QED) is 0.618. The number of hydrogen-bond acceptors (Lipinski definition) is 2. The maximum absolute atomic E-state index is 10.6. The summed E-state index contributed by atoms with van der Waals surface area (Å²) in [6.45, 7) is 0. The zero-order valence-electron chi connectivity index (χ0n) is 10.5. The van der Waals surface area contributed by atoms with Crippen LogP contribution < -0.4 is 4.74 Å². The third-order valence-electron chi connectivity index (χ3n) is 3.07. The lowest BCUT2D eigenvalue weighted by Gasteiger charge is -2.10. The van der Waals surface area contributed by atoms with Crippen molar-refractivity contribution in [1.82, 2.24) is 0 Å². The molecule has 0 saturated carbocycles. The topological polar surface area (TPSA) is 26.3 Å². The molecule has 3 rings (SSSR count). The zero-order valence-corrected chi connectivity index (χ0v) is 12.1. The summed E-state index contributed by atoms with van der Waals surface area (Å²) in [5, 5.41) is 2.26. The van der Waals surface area contributed by atoms with Crippen molar-refractivity contribution in [3.05, 3.63) is 70.7 Å². The second-order valence-electron chi connectivity index (χ2n) is 4.39. The van der Waals surface area contributed by atoms with Gasteiger partial charge in [-0.15, -0.1) is 0 Å². The molecule has 3 aromatic rings. The van der Waals surface area contributed by atoms with Gasteiger partial charge in [-0.2, -0.15) is 0 Å². The van der Waals surface area contributed by atoms with Gasteiger partial charge in [-0.3, -0.25) is 4.79 Å². The standard InChI is InChI=1S/C17H11BrO2/c18-17-15-4-2-1-3-13(15)7-10-16(17)20-14-8-5-12(11-19)6-9-14/h1-11H. The van der Waals surface area contributed by atoms with Crippen molar-refractivity contribution in [1.29, 1.82) is 0 Å².